The molecule has 0 saturated carbocycles. The van der Waals surface area contributed by atoms with Gasteiger partial charge in [0.1, 0.15) is 11.5 Å². The van der Waals surface area contributed by atoms with Gasteiger partial charge >= 0.3 is 0 Å². The number of benzene rings is 2. The molecule has 0 saturated heterocycles. The first-order chi connectivity index (χ1) is 11.2. The highest BCUT2D eigenvalue weighted by Crippen LogP contribution is 2.16. The quantitative estimate of drug-likeness (QED) is 0.607. The van der Waals surface area contributed by atoms with E-state index in [1.807, 2.05) is 48.5 Å². The van der Waals surface area contributed by atoms with Gasteiger partial charge in [-0.1, -0.05) is 6.07 Å². The molecule has 0 spiro atoms. The highest BCUT2D eigenvalue weighted by Gasteiger charge is 2.00. The van der Waals surface area contributed by atoms with Crippen molar-refractivity contribution in [3.63, 3.8) is 0 Å². The summed E-state index contributed by atoms with van der Waals surface area (Å²) in [4.78, 5) is 11.7. The number of anilines is 1. The second-order valence-corrected chi connectivity index (χ2v) is 4.65. The van der Waals surface area contributed by atoms with E-state index in [4.69, 9.17) is 9.47 Å². The van der Waals surface area contributed by atoms with Crippen molar-refractivity contribution in [2.75, 3.05) is 26.1 Å². The molecule has 0 aliphatic rings. The normalized spacial score (nSPS) is 10.3. The number of nitrogens with zero attached hydrogens (tertiary/aromatic N) is 1. The minimum Gasteiger partial charge on any atom is -0.497 e. The fourth-order valence-electron chi connectivity index (χ4n) is 1.82. The van der Waals surface area contributed by atoms with Crippen molar-refractivity contribution in [3.8, 4) is 11.5 Å². The number of carbonyl (C=O) groups excluding carboxylic acids is 1. The number of hydrogen-bond acceptors (Lipinski definition) is 5. The molecule has 0 radical (unpaired) electrons. The molecule has 23 heavy (non-hydrogen) atoms. The van der Waals surface area contributed by atoms with E-state index in [0.29, 0.717) is 0 Å². The standard InChI is InChI=1S/C17H19N3O3/c1-22-15-8-6-13(7-9-15)11-19-20-17(21)12-18-14-4-3-5-16(10-14)23-2/h3-11,18H,12H2,1-2H3,(H,20,21)/b19-11-. The molecule has 0 heterocycles. The van der Waals surface area contributed by atoms with Crippen LogP contribution in [0.15, 0.2) is 53.6 Å². The second-order valence-electron chi connectivity index (χ2n) is 4.65. The fourth-order valence-corrected chi connectivity index (χ4v) is 1.82. The van der Waals surface area contributed by atoms with Crippen LogP contribution in [0.5, 0.6) is 11.5 Å². The first-order valence-electron chi connectivity index (χ1n) is 7.05. The van der Waals surface area contributed by atoms with Crippen LogP contribution in [0.25, 0.3) is 0 Å². The molecule has 1 amide bonds. The van der Waals surface area contributed by atoms with E-state index in [0.717, 1.165) is 22.7 Å². The van der Waals surface area contributed by atoms with Gasteiger partial charge in [-0.15, -0.1) is 0 Å². The molecule has 0 aromatic heterocycles. The Labute approximate surface area is 135 Å². The third kappa shape index (κ3) is 5.35. The molecular formula is C17H19N3O3. The number of hydrogen-bond donors (Lipinski definition) is 2. The maximum absolute atomic E-state index is 11.7. The van der Waals surface area contributed by atoms with Gasteiger partial charge in [-0.3, -0.25) is 4.79 Å². The van der Waals surface area contributed by atoms with E-state index in [1.54, 1.807) is 20.4 Å². The molecule has 2 N–H and O–H groups in total. The van der Waals surface area contributed by atoms with E-state index in [2.05, 4.69) is 15.8 Å². The zero-order valence-corrected chi connectivity index (χ0v) is 13.1. The summed E-state index contributed by atoms with van der Waals surface area (Å²) < 4.78 is 10.2. The molecule has 0 fully saturated rings. The molecule has 6 nitrogen and oxygen atoms in total. The average Bonchev–Trinajstić information content (AvgIpc) is 2.61. The Kier molecular flexibility index (Phi) is 5.99. The maximum atomic E-state index is 11.7. The SMILES string of the molecule is COc1ccc(/C=N\NC(=O)CNc2cccc(OC)c2)cc1. The van der Waals surface area contributed by atoms with Crippen molar-refractivity contribution in [1.29, 1.82) is 0 Å². The van der Waals surface area contributed by atoms with E-state index < -0.39 is 0 Å². The van der Waals surface area contributed by atoms with Crippen LogP contribution in [0.2, 0.25) is 0 Å². The second kappa shape index (κ2) is 8.43. The van der Waals surface area contributed by atoms with Crippen LogP contribution in [0.4, 0.5) is 5.69 Å². The first kappa shape index (κ1) is 16.4. The van der Waals surface area contributed by atoms with Crippen molar-refractivity contribution in [3.05, 3.63) is 54.1 Å². The average molecular weight is 313 g/mol. The van der Waals surface area contributed by atoms with Gasteiger partial charge in [-0.2, -0.15) is 5.10 Å². The lowest BCUT2D eigenvalue weighted by Gasteiger charge is -2.06. The van der Waals surface area contributed by atoms with Gasteiger partial charge in [0, 0.05) is 11.8 Å². The van der Waals surface area contributed by atoms with E-state index in [1.165, 1.54) is 0 Å². The van der Waals surface area contributed by atoms with E-state index in [9.17, 15) is 4.79 Å². The summed E-state index contributed by atoms with van der Waals surface area (Å²) in [5.41, 5.74) is 4.14. The number of methoxy groups -OCH3 is 2. The summed E-state index contributed by atoms with van der Waals surface area (Å²) in [5, 5.41) is 6.91. The Bertz CT molecular complexity index is 669. The van der Waals surface area contributed by atoms with Crippen LogP contribution in [0.3, 0.4) is 0 Å². The predicted octanol–water partition coefficient (Wildman–Crippen LogP) is 2.27. The summed E-state index contributed by atoms with van der Waals surface area (Å²) in [7, 11) is 3.21. The van der Waals surface area contributed by atoms with Crippen molar-refractivity contribution >= 4 is 17.8 Å². The Morgan fingerprint density at radius 1 is 1.09 bits per heavy atom. The molecule has 0 unspecified atom stereocenters. The summed E-state index contributed by atoms with van der Waals surface area (Å²) in [6, 6.07) is 14.7. The highest BCUT2D eigenvalue weighted by atomic mass is 16.5. The van der Waals surface area contributed by atoms with Crippen LogP contribution in [0.1, 0.15) is 5.56 Å². The minimum atomic E-state index is -0.238. The maximum Gasteiger partial charge on any atom is 0.259 e. The Balaban J connectivity index is 1.78. The molecule has 0 atom stereocenters. The number of rotatable bonds is 7. The van der Waals surface area contributed by atoms with E-state index in [-0.39, 0.29) is 12.5 Å². The molecule has 2 aromatic rings. The third-order valence-electron chi connectivity index (χ3n) is 3.04. The monoisotopic (exact) mass is 313 g/mol. The van der Waals surface area contributed by atoms with Crippen LogP contribution in [0, 0.1) is 0 Å². The minimum absolute atomic E-state index is 0.118. The van der Waals surface area contributed by atoms with Crippen molar-refractivity contribution < 1.29 is 14.3 Å². The fraction of sp³-hybridized carbons (Fsp3) is 0.176. The molecule has 120 valence electrons. The van der Waals surface area contributed by atoms with Crippen LogP contribution >= 0.6 is 0 Å². The topological polar surface area (TPSA) is 72.0 Å². The number of carbonyl (C=O) groups is 1. The lowest BCUT2D eigenvalue weighted by molar-refractivity contribution is -0.119. The summed E-state index contributed by atoms with van der Waals surface area (Å²) >= 11 is 0. The van der Waals surface area contributed by atoms with Crippen molar-refractivity contribution in [1.82, 2.24) is 5.43 Å². The number of ether oxygens (including phenoxy) is 2. The van der Waals surface area contributed by atoms with Gasteiger partial charge < -0.3 is 14.8 Å². The lowest BCUT2D eigenvalue weighted by Crippen LogP contribution is -2.25. The Hall–Kier alpha value is -3.02. The molecular weight excluding hydrogens is 294 g/mol. The van der Waals surface area contributed by atoms with Gasteiger partial charge in [-0.05, 0) is 42.0 Å². The molecule has 0 aliphatic carbocycles. The molecule has 0 aliphatic heterocycles. The summed E-state index contributed by atoms with van der Waals surface area (Å²) in [5.74, 6) is 1.26. The number of hydrazone groups is 1. The molecule has 0 bridgehead atoms. The largest absolute Gasteiger partial charge is 0.497 e. The van der Waals surface area contributed by atoms with Crippen LogP contribution in [-0.4, -0.2) is 32.9 Å². The smallest absolute Gasteiger partial charge is 0.259 e. The number of nitrogens with one attached hydrogen (secondary N) is 2. The van der Waals surface area contributed by atoms with Gasteiger partial charge in [0.15, 0.2) is 0 Å². The zero-order chi connectivity index (χ0) is 16.5. The van der Waals surface area contributed by atoms with Crippen LogP contribution in [-0.2, 0) is 4.79 Å². The lowest BCUT2D eigenvalue weighted by atomic mass is 10.2. The van der Waals surface area contributed by atoms with Gasteiger partial charge in [0.2, 0.25) is 0 Å². The summed E-state index contributed by atoms with van der Waals surface area (Å²) in [6.07, 6.45) is 1.57. The Morgan fingerprint density at radius 3 is 2.52 bits per heavy atom. The van der Waals surface area contributed by atoms with Gasteiger partial charge in [0.25, 0.3) is 5.91 Å². The molecule has 2 rings (SSSR count). The zero-order valence-electron chi connectivity index (χ0n) is 13.1. The predicted molar refractivity (Wildman–Crippen MR) is 90.2 cm³/mol. The number of amides is 1. The first-order valence-corrected chi connectivity index (χ1v) is 7.05. The van der Waals surface area contributed by atoms with Gasteiger partial charge in [-0.25, -0.2) is 5.43 Å². The van der Waals surface area contributed by atoms with Gasteiger partial charge in [0.05, 0.1) is 27.0 Å². The van der Waals surface area contributed by atoms with Crippen molar-refractivity contribution in [2.24, 2.45) is 5.10 Å². The van der Waals surface area contributed by atoms with Crippen LogP contribution < -0.4 is 20.2 Å². The molecule has 6 heteroatoms. The third-order valence-corrected chi connectivity index (χ3v) is 3.04. The molecule has 2 aromatic carbocycles. The van der Waals surface area contributed by atoms with E-state index >= 15 is 0 Å². The summed E-state index contributed by atoms with van der Waals surface area (Å²) in [6.45, 7) is 0.118. The Morgan fingerprint density at radius 2 is 1.83 bits per heavy atom. The highest BCUT2D eigenvalue weighted by molar-refractivity contribution is 5.84. The van der Waals surface area contributed by atoms with Crippen molar-refractivity contribution in [2.45, 2.75) is 0 Å².